The summed E-state index contributed by atoms with van der Waals surface area (Å²) in [5, 5.41) is 0. The van der Waals surface area contributed by atoms with Gasteiger partial charge < -0.3 is 9.64 Å². The number of rotatable bonds is 5. The summed E-state index contributed by atoms with van der Waals surface area (Å²) in [5.41, 5.74) is 0.663. The standard InChI is InChI=1S/C13H16INO3/c1-15(9-3-4-12(16)18-2)13(17)10-5-7-11(14)8-6-10/h5-8H,3-4,9H2,1-2H3. The summed E-state index contributed by atoms with van der Waals surface area (Å²) >= 11 is 2.19. The van der Waals surface area contributed by atoms with Crippen LogP contribution < -0.4 is 0 Å². The van der Waals surface area contributed by atoms with E-state index in [1.165, 1.54) is 7.11 Å². The van der Waals surface area contributed by atoms with E-state index in [9.17, 15) is 9.59 Å². The van der Waals surface area contributed by atoms with Crippen molar-refractivity contribution in [3.05, 3.63) is 33.4 Å². The molecule has 1 aromatic rings. The Morgan fingerprint density at radius 1 is 1.28 bits per heavy atom. The zero-order chi connectivity index (χ0) is 13.5. The third kappa shape index (κ3) is 4.64. The molecule has 0 unspecified atom stereocenters. The number of carbonyl (C=O) groups is 2. The number of ether oxygens (including phenoxy) is 1. The molecule has 1 rings (SSSR count). The number of esters is 1. The van der Waals surface area contributed by atoms with Crippen molar-refractivity contribution >= 4 is 34.5 Å². The van der Waals surface area contributed by atoms with Crippen LogP contribution in [0.5, 0.6) is 0 Å². The van der Waals surface area contributed by atoms with E-state index >= 15 is 0 Å². The molecule has 18 heavy (non-hydrogen) atoms. The van der Waals surface area contributed by atoms with Crippen LogP contribution in [0.3, 0.4) is 0 Å². The van der Waals surface area contributed by atoms with E-state index in [1.807, 2.05) is 12.1 Å². The zero-order valence-corrected chi connectivity index (χ0v) is 12.6. The van der Waals surface area contributed by atoms with Crippen LogP contribution in [0.1, 0.15) is 23.2 Å². The van der Waals surface area contributed by atoms with Gasteiger partial charge in [-0.05, 0) is 53.3 Å². The SMILES string of the molecule is COC(=O)CCCN(C)C(=O)c1ccc(I)cc1. The van der Waals surface area contributed by atoms with Crippen molar-refractivity contribution in [2.75, 3.05) is 20.7 Å². The second-order valence-electron chi connectivity index (χ2n) is 3.91. The molecule has 1 aromatic carbocycles. The molecular formula is C13H16INO3. The van der Waals surface area contributed by atoms with Crippen molar-refractivity contribution in [2.24, 2.45) is 0 Å². The molecule has 0 N–H and O–H groups in total. The van der Waals surface area contributed by atoms with Crippen molar-refractivity contribution in [1.82, 2.24) is 4.90 Å². The van der Waals surface area contributed by atoms with E-state index < -0.39 is 0 Å². The molecule has 0 fully saturated rings. The van der Waals surface area contributed by atoms with Gasteiger partial charge in [0.2, 0.25) is 0 Å². The van der Waals surface area contributed by atoms with Crippen LogP contribution in [0.2, 0.25) is 0 Å². The minimum Gasteiger partial charge on any atom is -0.469 e. The lowest BCUT2D eigenvalue weighted by Crippen LogP contribution is -2.28. The van der Waals surface area contributed by atoms with E-state index in [0.717, 1.165) is 3.57 Å². The van der Waals surface area contributed by atoms with Crippen LogP contribution >= 0.6 is 22.6 Å². The fourth-order valence-corrected chi connectivity index (χ4v) is 1.84. The lowest BCUT2D eigenvalue weighted by Gasteiger charge is -2.16. The zero-order valence-electron chi connectivity index (χ0n) is 10.5. The van der Waals surface area contributed by atoms with Crippen molar-refractivity contribution in [3.8, 4) is 0 Å². The first kappa shape index (κ1) is 14.9. The summed E-state index contributed by atoms with van der Waals surface area (Å²) in [6, 6.07) is 7.41. The molecule has 0 heterocycles. The Hall–Kier alpha value is -1.11. The van der Waals surface area contributed by atoms with Crippen molar-refractivity contribution in [1.29, 1.82) is 0 Å². The molecule has 0 saturated carbocycles. The summed E-state index contributed by atoms with van der Waals surface area (Å²) in [6.07, 6.45) is 0.945. The predicted molar refractivity (Wildman–Crippen MR) is 77.4 cm³/mol. The highest BCUT2D eigenvalue weighted by molar-refractivity contribution is 14.1. The molecule has 0 aliphatic heterocycles. The van der Waals surface area contributed by atoms with Crippen LogP contribution in [0.15, 0.2) is 24.3 Å². The van der Waals surface area contributed by atoms with Crippen LogP contribution in [0.4, 0.5) is 0 Å². The minimum atomic E-state index is -0.245. The number of methoxy groups -OCH3 is 1. The average molecular weight is 361 g/mol. The Kier molecular flexibility index (Phi) is 6.11. The molecule has 0 radical (unpaired) electrons. The summed E-state index contributed by atoms with van der Waals surface area (Å²) in [6.45, 7) is 0.542. The second-order valence-corrected chi connectivity index (χ2v) is 5.16. The van der Waals surface area contributed by atoms with Gasteiger partial charge in [-0.3, -0.25) is 9.59 Å². The topological polar surface area (TPSA) is 46.6 Å². The summed E-state index contributed by atoms with van der Waals surface area (Å²) < 4.78 is 5.64. The summed E-state index contributed by atoms with van der Waals surface area (Å²) in [7, 11) is 3.10. The van der Waals surface area contributed by atoms with E-state index in [-0.39, 0.29) is 11.9 Å². The van der Waals surface area contributed by atoms with Crippen molar-refractivity contribution < 1.29 is 14.3 Å². The maximum Gasteiger partial charge on any atom is 0.305 e. The first-order valence-corrected chi connectivity index (χ1v) is 6.70. The van der Waals surface area contributed by atoms with Gasteiger partial charge in [0.1, 0.15) is 0 Å². The van der Waals surface area contributed by atoms with Crippen molar-refractivity contribution in [2.45, 2.75) is 12.8 Å². The van der Waals surface area contributed by atoms with Gasteiger partial charge in [0.25, 0.3) is 5.91 Å². The second kappa shape index (κ2) is 7.35. The quantitative estimate of drug-likeness (QED) is 0.597. The molecule has 0 spiro atoms. The highest BCUT2D eigenvalue weighted by Gasteiger charge is 2.11. The van der Waals surface area contributed by atoms with Gasteiger partial charge in [-0.2, -0.15) is 0 Å². The van der Waals surface area contributed by atoms with E-state index in [0.29, 0.717) is 24.9 Å². The molecule has 0 bridgehead atoms. The number of hydrogen-bond donors (Lipinski definition) is 0. The van der Waals surface area contributed by atoms with Gasteiger partial charge >= 0.3 is 5.97 Å². The van der Waals surface area contributed by atoms with Gasteiger partial charge in [0, 0.05) is 29.1 Å². The molecule has 1 amide bonds. The molecule has 0 aliphatic rings. The summed E-state index contributed by atoms with van der Waals surface area (Å²) in [4.78, 5) is 24.6. The predicted octanol–water partition coefficient (Wildman–Crippen LogP) is 2.32. The Morgan fingerprint density at radius 3 is 2.44 bits per heavy atom. The highest BCUT2D eigenvalue weighted by Crippen LogP contribution is 2.09. The normalized spacial score (nSPS) is 9.94. The number of hydrogen-bond acceptors (Lipinski definition) is 3. The van der Waals surface area contributed by atoms with Gasteiger partial charge in [0.05, 0.1) is 7.11 Å². The molecule has 0 aromatic heterocycles. The fourth-order valence-electron chi connectivity index (χ4n) is 1.48. The number of carbonyl (C=O) groups excluding carboxylic acids is 2. The monoisotopic (exact) mass is 361 g/mol. The Balaban J connectivity index is 2.46. The molecule has 5 heteroatoms. The molecule has 0 aliphatic carbocycles. The maximum atomic E-state index is 12.0. The minimum absolute atomic E-state index is 0.0312. The first-order chi connectivity index (χ1) is 8.54. The van der Waals surface area contributed by atoms with Crippen molar-refractivity contribution in [3.63, 3.8) is 0 Å². The van der Waals surface area contributed by atoms with Gasteiger partial charge in [-0.1, -0.05) is 0 Å². The Labute approximate surface area is 120 Å². The van der Waals surface area contributed by atoms with E-state index in [4.69, 9.17) is 0 Å². The van der Waals surface area contributed by atoms with Crippen LogP contribution in [0.25, 0.3) is 0 Å². The first-order valence-electron chi connectivity index (χ1n) is 5.62. The van der Waals surface area contributed by atoms with E-state index in [2.05, 4.69) is 27.3 Å². The number of amides is 1. The van der Waals surface area contributed by atoms with Crippen LogP contribution in [-0.2, 0) is 9.53 Å². The molecule has 0 atom stereocenters. The molecular weight excluding hydrogens is 345 g/mol. The van der Waals surface area contributed by atoms with Gasteiger partial charge in [0.15, 0.2) is 0 Å². The average Bonchev–Trinajstić information content (AvgIpc) is 2.38. The number of benzene rings is 1. The lowest BCUT2D eigenvalue weighted by atomic mass is 10.2. The highest BCUT2D eigenvalue weighted by atomic mass is 127. The molecule has 0 saturated heterocycles. The third-order valence-corrected chi connectivity index (χ3v) is 3.26. The van der Waals surface area contributed by atoms with Crippen LogP contribution in [0, 0.1) is 3.57 Å². The molecule has 4 nitrogen and oxygen atoms in total. The Bertz CT molecular complexity index is 417. The summed E-state index contributed by atoms with van der Waals surface area (Å²) in [5.74, 6) is -0.277. The van der Waals surface area contributed by atoms with Crippen LogP contribution in [-0.4, -0.2) is 37.5 Å². The largest absolute Gasteiger partial charge is 0.469 e. The molecule has 98 valence electrons. The number of halogens is 1. The fraction of sp³-hybridized carbons (Fsp3) is 0.385. The van der Waals surface area contributed by atoms with E-state index in [1.54, 1.807) is 24.1 Å². The lowest BCUT2D eigenvalue weighted by molar-refractivity contribution is -0.140. The maximum absolute atomic E-state index is 12.0. The van der Waals surface area contributed by atoms with Gasteiger partial charge in [-0.25, -0.2) is 0 Å². The Morgan fingerprint density at radius 2 is 1.89 bits per heavy atom. The number of nitrogens with zero attached hydrogens (tertiary/aromatic N) is 1. The van der Waals surface area contributed by atoms with Gasteiger partial charge in [-0.15, -0.1) is 0 Å². The third-order valence-electron chi connectivity index (χ3n) is 2.54. The smallest absolute Gasteiger partial charge is 0.305 e.